The van der Waals surface area contributed by atoms with Crippen LogP contribution in [0.3, 0.4) is 0 Å². The fraction of sp³-hybridized carbons (Fsp3) is 0.500. The Labute approximate surface area is 111 Å². The molecule has 5 heteroatoms. The molecule has 1 amide bonds. The maximum absolute atomic E-state index is 12.0. The number of carbonyl (C=O) groups excluding carboxylic acids is 1. The van der Waals surface area contributed by atoms with Gasteiger partial charge in [-0.15, -0.1) is 0 Å². The Hall–Kier alpha value is -1.65. The molecule has 104 valence electrons. The Morgan fingerprint density at radius 2 is 2.05 bits per heavy atom. The minimum absolute atomic E-state index is 0.116. The van der Waals surface area contributed by atoms with Crippen molar-refractivity contribution < 1.29 is 18.3 Å². The van der Waals surface area contributed by atoms with Crippen molar-refractivity contribution in [1.82, 2.24) is 5.32 Å². The van der Waals surface area contributed by atoms with Gasteiger partial charge in [-0.25, -0.2) is 0 Å². The van der Waals surface area contributed by atoms with E-state index in [0.29, 0.717) is 18.9 Å². The SMILES string of the molecule is CC1CC1C(=O)NCCc1ccc(OC(F)F)cc1. The summed E-state index contributed by atoms with van der Waals surface area (Å²) in [5.41, 5.74) is 0.978. The van der Waals surface area contributed by atoms with Crippen LogP contribution in [-0.2, 0) is 11.2 Å². The molecule has 1 saturated carbocycles. The zero-order chi connectivity index (χ0) is 13.8. The number of carbonyl (C=O) groups is 1. The number of ether oxygens (including phenoxy) is 1. The quantitative estimate of drug-likeness (QED) is 0.862. The third-order valence-corrected chi connectivity index (χ3v) is 3.31. The topological polar surface area (TPSA) is 38.3 Å². The molecule has 19 heavy (non-hydrogen) atoms. The highest BCUT2D eigenvalue weighted by atomic mass is 19.3. The zero-order valence-corrected chi connectivity index (χ0v) is 10.7. The normalized spacial score (nSPS) is 21.3. The van der Waals surface area contributed by atoms with E-state index in [0.717, 1.165) is 12.0 Å². The maximum Gasteiger partial charge on any atom is 0.387 e. The van der Waals surface area contributed by atoms with E-state index in [1.807, 2.05) is 0 Å². The fourth-order valence-corrected chi connectivity index (χ4v) is 1.99. The molecule has 0 bridgehead atoms. The third-order valence-electron chi connectivity index (χ3n) is 3.31. The summed E-state index contributed by atoms with van der Waals surface area (Å²) in [4.78, 5) is 11.6. The summed E-state index contributed by atoms with van der Waals surface area (Å²) in [6.45, 7) is -0.172. The summed E-state index contributed by atoms with van der Waals surface area (Å²) in [6, 6.07) is 6.46. The molecule has 0 spiro atoms. The maximum atomic E-state index is 12.0. The van der Waals surface area contributed by atoms with E-state index in [2.05, 4.69) is 17.0 Å². The molecule has 1 N–H and O–H groups in total. The Bertz CT molecular complexity index is 434. The highest BCUT2D eigenvalue weighted by molar-refractivity contribution is 5.81. The monoisotopic (exact) mass is 269 g/mol. The minimum atomic E-state index is -2.80. The summed E-state index contributed by atoms with van der Waals surface area (Å²) in [5, 5.41) is 2.88. The molecule has 0 aromatic heterocycles. The molecule has 0 heterocycles. The highest BCUT2D eigenvalue weighted by Gasteiger charge is 2.38. The average molecular weight is 269 g/mol. The van der Waals surface area contributed by atoms with Crippen LogP contribution in [0.2, 0.25) is 0 Å². The molecule has 1 aliphatic rings. The standard InChI is InChI=1S/C14H17F2NO2/c1-9-8-12(9)13(18)17-7-6-10-2-4-11(5-3-10)19-14(15)16/h2-5,9,12,14H,6-8H2,1H3,(H,17,18). The largest absolute Gasteiger partial charge is 0.435 e. The van der Waals surface area contributed by atoms with Crippen LogP contribution < -0.4 is 10.1 Å². The fourth-order valence-electron chi connectivity index (χ4n) is 1.99. The summed E-state index contributed by atoms with van der Waals surface area (Å²) in [7, 11) is 0. The molecule has 3 nitrogen and oxygen atoms in total. The van der Waals surface area contributed by atoms with Crippen molar-refractivity contribution in [2.75, 3.05) is 6.54 Å². The first kappa shape index (κ1) is 13.8. The van der Waals surface area contributed by atoms with Crippen molar-refractivity contribution in [3.05, 3.63) is 29.8 Å². The lowest BCUT2D eigenvalue weighted by atomic mass is 10.1. The second kappa shape index (κ2) is 5.99. The number of nitrogens with one attached hydrogen (secondary N) is 1. The van der Waals surface area contributed by atoms with Crippen LogP contribution in [0.1, 0.15) is 18.9 Å². The van der Waals surface area contributed by atoms with E-state index in [4.69, 9.17) is 0 Å². The molecule has 2 unspecified atom stereocenters. The lowest BCUT2D eigenvalue weighted by Gasteiger charge is -2.07. The van der Waals surface area contributed by atoms with E-state index in [9.17, 15) is 13.6 Å². The molecule has 0 saturated heterocycles. The smallest absolute Gasteiger partial charge is 0.387 e. The van der Waals surface area contributed by atoms with Crippen LogP contribution in [0.15, 0.2) is 24.3 Å². The Kier molecular flexibility index (Phi) is 4.35. The van der Waals surface area contributed by atoms with Gasteiger partial charge in [0.05, 0.1) is 0 Å². The Balaban J connectivity index is 1.72. The number of amides is 1. The van der Waals surface area contributed by atoms with Gasteiger partial charge in [-0.1, -0.05) is 19.1 Å². The number of halogens is 2. The molecular weight excluding hydrogens is 252 g/mol. The second-order valence-electron chi connectivity index (χ2n) is 4.88. The van der Waals surface area contributed by atoms with E-state index >= 15 is 0 Å². The Morgan fingerprint density at radius 3 is 2.58 bits per heavy atom. The zero-order valence-electron chi connectivity index (χ0n) is 10.7. The van der Waals surface area contributed by atoms with E-state index in [1.165, 1.54) is 12.1 Å². The van der Waals surface area contributed by atoms with Crippen LogP contribution in [-0.4, -0.2) is 19.1 Å². The molecule has 0 radical (unpaired) electrons. The first-order chi connectivity index (χ1) is 9.06. The number of rotatable bonds is 6. The second-order valence-corrected chi connectivity index (χ2v) is 4.88. The molecule has 1 fully saturated rings. The van der Waals surface area contributed by atoms with Crippen molar-refractivity contribution in [3.63, 3.8) is 0 Å². The summed E-state index contributed by atoms with van der Waals surface area (Å²) >= 11 is 0. The van der Waals surface area contributed by atoms with Crippen LogP contribution >= 0.6 is 0 Å². The van der Waals surface area contributed by atoms with Gasteiger partial charge in [-0.05, 0) is 36.5 Å². The van der Waals surface area contributed by atoms with Crippen molar-refractivity contribution >= 4 is 5.91 Å². The molecule has 0 aliphatic heterocycles. The van der Waals surface area contributed by atoms with Gasteiger partial charge in [0.15, 0.2) is 0 Å². The van der Waals surface area contributed by atoms with Crippen LogP contribution in [0.25, 0.3) is 0 Å². The van der Waals surface area contributed by atoms with Crippen molar-refractivity contribution in [1.29, 1.82) is 0 Å². The number of alkyl halides is 2. The number of benzene rings is 1. The first-order valence-electron chi connectivity index (χ1n) is 6.37. The lowest BCUT2D eigenvalue weighted by Crippen LogP contribution is -2.27. The van der Waals surface area contributed by atoms with Gasteiger partial charge < -0.3 is 10.1 Å². The van der Waals surface area contributed by atoms with Gasteiger partial charge in [0, 0.05) is 12.5 Å². The third kappa shape index (κ3) is 4.19. The minimum Gasteiger partial charge on any atom is -0.435 e. The Morgan fingerprint density at radius 1 is 1.42 bits per heavy atom. The van der Waals surface area contributed by atoms with Gasteiger partial charge in [-0.2, -0.15) is 8.78 Å². The van der Waals surface area contributed by atoms with Crippen LogP contribution in [0, 0.1) is 11.8 Å². The summed E-state index contributed by atoms with van der Waals surface area (Å²) in [5.74, 6) is 0.951. The number of hydrogen-bond acceptors (Lipinski definition) is 2. The van der Waals surface area contributed by atoms with E-state index in [1.54, 1.807) is 12.1 Å². The van der Waals surface area contributed by atoms with Gasteiger partial charge in [-0.3, -0.25) is 4.79 Å². The van der Waals surface area contributed by atoms with Gasteiger partial charge in [0.25, 0.3) is 0 Å². The molecule has 2 rings (SSSR count). The molecule has 1 aromatic rings. The van der Waals surface area contributed by atoms with E-state index in [-0.39, 0.29) is 17.6 Å². The predicted octanol–water partition coefficient (Wildman–Crippen LogP) is 2.60. The number of hydrogen-bond donors (Lipinski definition) is 1. The lowest BCUT2D eigenvalue weighted by molar-refractivity contribution is -0.122. The van der Waals surface area contributed by atoms with Gasteiger partial charge in [0.2, 0.25) is 5.91 Å². The van der Waals surface area contributed by atoms with Crippen molar-refractivity contribution in [2.45, 2.75) is 26.4 Å². The van der Waals surface area contributed by atoms with Crippen LogP contribution in [0.5, 0.6) is 5.75 Å². The summed E-state index contributed by atoms with van der Waals surface area (Å²) in [6.07, 6.45) is 1.66. The van der Waals surface area contributed by atoms with Gasteiger partial charge in [0.1, 0.15) is 5.75 Å². The molecule has 1 aromatic carbocycles. The van der Waals surface area contributed by atoms with Gasteiger partial charge >= 0.3 is 6.61 Å². The molecular formula is C14H17F2NO2. The van der Waals surface area contributed by atoms with Crippen molar-refractivity contribution in [3.8, 4) is 5.75 Å². The van der Waals surface area contributed by atoms with Crippen LogP contribution in [0.4, 0.5) is 8.78 Å². The summed E-state index contributed by atoms with van der Waals surface area (Å²) < 4.78 is 28.2. The molecule has 1 aliphatic carbocycles. The molecule has 2 atom stereocenters. The predicted molar refractivity (Wildman–Crippen MR) is 67.1 cm³/mol. The first-order valence-corrected chi connectivity index (χ1v) is 6.37. The average Bonchev–Trinajstić information content (AvgIpc) is 3.08. The van der Waals surface area contributed by atoms with E-state index < -0.39 is 6.61 Å². The van der Waals surface area contributed by atoms with Crippen molar-refractivity contribution in [2.24, 2.45) is 11.8 Å². The highest BCUT2D eigenvalue weighted by Crippen LogP contribution is 2.37.